The predicted molar refractivity (Wildman–Crippen MR) is 105 cm³/mol. The van der Waals surface area contributed by atoms with Gasteiger partial charge in [-0.2, -0.15) is 0 Å². The second-order valence-corrected chi connectivity index (χ2v) is 8.28. The molecular weight excluding hydrogens is 388 g/mol. The van der Waals surface area contributed by atoms with E-state index < -0.39 is 15.9 Å². The summed E-state index contributed by atoms with van der Waals surface area (Å²) < 4.78 is 32.0. The molecule has 0 fully saturated rings. The number of rotatable bonds is 4. The molecule has 3 aromatic carbocycles. The number of hydrogen-bond acceptors (Lipinski definition) is 4. The summed E-state index contributed by atoms with van der Waals surface area (Å²) >= 11 is 6.06. The molecule has 0 saturated carbocycles. The van der Waals surface area contributed by atoms with E-state index in [1.807, 2.05) is 12.1 Å². The van der Waals surface area contributed by atoms with E-state index in [9.17, 15) is 13.2 Å². The number of nitrogens with one attached hydrogen (secondary N) is 1. The molecule has 1 N–H and O–H groups in total. The number of halogens is 1. The molecule has 0 bridgehead atoms. The predicted octanol–water partition coefficient (Wildman–Crippen LogP) is 3.65. The molecule has 6 nitrogen and oxygen atoms in total. The Kier molecular flexibility index (Phi) is 4.20. The van der Waals surface area contributed by atoms with Gasteiger partial charge in [0.1, 0.15) is 12.3 Å². The van der Waals surface area contributed by atoms with Crippen molar-refractivity contribution in [1.82, 2.24) is 0 Å². The molecule has 3 aromatic rings. The van der Waals surface area contributed by atoms with E-state index in [-0.39, 0.29) is 11.4 Å². The van der Waals surface area contributed by atoms with Crippen molar-refractivity contribution < 1.29 is 17.9 Å². The zero-order chi connectivity index (χ0) is 19.2. The van der Waals surface area contributed by atoms with Crippen molar-refractivity contribution in [3.05, 3.63) is 59.6 Å². The number of anilines is 2. The van der Waals surface area contributed by atoms with Crippen molar-refractivity contribution in [3.63, 3.8) is 0 Å². The molecule has 0 atom stereocenters. The van der Waals surface area contributed by atoms with Crippen LogP contribution >= 0.6 is 11.6 Å². The zero-order valence-electron chi connectivity index (χ0n) is 14.3. The number of benzene rings is 3. The molecule has 27 heavy (non-hydrogen) atoms. The fourth-order valence-electron chi connectivity index (χ4n) is 3.20. The molecular formula is C19H15ClN2O4S. The highest BCUT2D eigenvalue weighted by molar-refractivity contribution is 7.93. The van der Waals surface area contributed by atoms with Gasteiger partial charge in [-0.25, -0.2) is 8.42 Å². The third-order valence-electron chi connectivity index (χ3n) is 4.40. The first-order chi connectivity index (χ1) is 12.9. The number of amides is 1. The van der Waals surface area contributed by atoms with Crippen LogP contribution in [0.5, 0.6) is 5.75 Å². The molecule has 0 spiro atoms. The van der Waals surface area contributed by atoms with Crippen LogP contribution in [0, 0.1) is 0 Å². The Labute approximate surface area is 161 Å². The van der Waals surface area contributed by atoms with Crippen LogP contribution in [0.1, 0.15) is 0 Å². The van der Waals surface area contributed by atoms with Gasteiger partial charge in [-0.3, -0.25) is 9.10 Å². The van der Waals surface area contributed by atoms with E-state index >= 15 is 0 Å². The molecule has 1 aliphatic heterocycles. The first kappa shape index (κ1) is 17.6. The third kappa shape index (κ3) is 2.89. The van der Waals surface area contributed by atoms with E-state index in [1.165, 1.54) is 7.11 Å². The Morgan fingerprint density at radius 1 is 1.15 bits per heavy atom. The average molecular weight is 403 g/mol. The number of hydrogen-bond donors (Lipinski definition) is 1. The fraction of sp³-hybridized carbons (Fsp3) is 0.105. The van der Waals surface area contributed by atoms with Crippen LogP contribution in [0.25, 0.3) is 10.8 Å². The van der Waals surface area contributed by atoms with Crippen LogP contribution < -0.4 is 14.4 Å². The second-order valence-electron chi connectivity index (χ2n) is 6.04. The highest BCUT2D eigenvalue weighted by atomic mass is 35.5. The van der Waals surface area contributed by atoms with Crippen molar-refractivity contribution >= 4 is 49.7 Å². The Morgan fingerprint density at radius 2 is 1.89 bits per heavy atom. The molecule has 1 heterocycles. The van der Waals surface area contributed by atoms with E-state index in [1.54, 1.807) is 42.5 Å². The van der Waals surface area contributed by atoms with Gasteiger partial charge in [0.2, 0.25) is 5.91 Å². The van der Waals surface area contributed by atoms with Gasteiger partial charge >= 0.3 is 0 Å². The highest BCUT2D eigenvalue weighted by Crippen LogP contribution is 2.41. The lowest BCUT2D eigenvalue weighted by Crippen LogP contribution is -2.35. The van der Waals surface area contributed by atoms with Crippen molar-refractivity contribution in [2.24, 2.45) is 0 Å². The van der Waals surface area contributed by atoms with Crippen LogP contribution in [0.3, 0.4) is 0 Å². The lowest BCUT2D eigenvalue weighted by Gasteiger charge is -2.18. The molecule has 0 aromatic heterocycles. The summed E-state index contributed by atoms with van der Waals surface area (Å²) in [6.07, 6.45) is 0. The summed E-state index contributed by atoms with van der Waals surface area (Å²) in [5.41, 5.74) is 0.962. The minimum atomic E-state index is -3.78. The molecule has 0 unspecified atom stereocenters. The van der Waals surface area contributed by atoms with Crippen LogP contribution in [0.2, 0.25) is 5.02 Å². The Morgan fingerprint density at radius 3 is 2.59 bits per heavy atom. The van der Waals surface area contributed by atoms with Gasteiger partial charge in [0.05, 0.1) is 22.7 Å². The number of carbonyl (C=O) groups excluding carboxylic acids is 1. The molecule has 0 aliphatic carbocycles. The molecule has 8 heteroatoms. The molecule has 0 saturated heterocycles. The molecule has 1 amide bonds. The van der Waals surface area contributed by atoms with Crippen molar-refractivity contribution in [3.8, 4) is 5.75 Å². The van der Waals surface area contributed by atoms with Crippen LogP contribution in [-0.4, -0.2) is 28.0 Å². The monoisotopic (exact) mass is 402 g/mol. The lowest BCUT2D eigenvalue weighted by molar-refractivity contribution is -0.114. The standard InChI is InChI=1S/C19H15ClN2O4S/c1-26-16-9-8-13(10-14(16)20)21-18(23)11-22-15-6-2-4-12-5-3-7-17(19(12)15)27(22,24)25/h2-10H,11H2,1H3,(H,21,23). The van der Waals surface area contributed by atoms with E-state index in [2.05, 4.69) is 5.32 Å². The minimum Gasteiger partial charge on any atom is -0.495 e. The van der Waals surface area contributed by atoms with Crippen LogP contribution in [0.15, 0.2) is 59.5 Å². The van der Waals surface area contributed by atoms with Crippen molar-refractivity contribution in [2.45, 2.75) is 4.90 Å². The first-order valence-corrected chi connectivity index (χ1v) is 9.91. The lowest BCUT2D eigenvalue weighted by atomic mass is 10.1. The highest BCUT2D eigenvalue weighted by Gasteiger charge is 2.36. The number of methoxy groups -OCH3 is 1. The van der Waals surface area contributed by atoms with Gasteiger partial charge in [0.15, 0.2) is 0 Å². The topological polar surface area (TPSA) is 75.7 Å². The van der Waals surface area contributed by atoms with Gasteiger partial charge in [-0.05, 0) is 35.7 Å². The molecule has 4 rings (SSSR count). The number of carbonyl (C=O) groups is 1. The Bertz CT molecular complexity index is 1170. The molecule has 1 aliphatic rings. The first-order valence-electron chi connectivity index (χ1n) is 8.09. The van der Waals surface area contributed by atoms with Gasteiger partial charge in [0, 0.05) is 11.1 Å². The summed E-state index contributed by atoms with van der Waals surface area (Å²) in [7, 11) is -2.28. The summed E-state index contributed by atoms with van der Waals surface area (Å²) in [4.78, 5) is 12.7. The zero-order valence-corrected chi connectivity index (χ0v) is 15.8. The van der Waals surface area contributed by atoms with Gasteiger partial charge in [-0.15, -0.1) is 0 Å². The largest absolute Gasteiger partial charge is 0.495 e. The van der Waals surface area contributed by atoms with E-state index in [4.69, 9.17) is 16.3 Å². The van der Waals surface area contributed by atoms with Crippen molar-refractivity contribution in [2.75, 3.05) is 23.3 Å². The third-order valence-corrected chi connectivity index (χ3v) is 6.50. The normalized spacial score (nSPS) is 14.4. The van der Waals surface area contributed by atoms with Gasteiger partial charge < -0.3 is 10.1 Å². The van der Waals surface area contributed by atoms with Gasteiger partial charge in [0.25, 0.3) is 10.0 Å². The molecule has 0 radical (unpaired) electrons. The summed E-state index contributed by atoms with van der Waals surface area (Å²) in [6.45, 7) is -0.334. The summed E-state index contributed by atoms with van der Waals surface area (Å²) in [5.74, 6) is 0.0172. The molecule has 138 valence electrons. The minimum absolute atomic E-state index is 0.218. The van der Waals surface area contributed by atoms with Gasteiger partial charge in [-0.1, -0.05) is 35.9 Å². The fourth-order valence-corrected chi connectivity index (χ4v) is 5.13. The second kappa shape index (κ2) is 6.44. The summed E-state index contributed by atoms with van der Waals surface area (Å²) in [6, 6.07) is 15.2. The number of ether oxygens (including phenoxy) is 1. The Balaban J connectivity index is 1.63. The smallest absolute Gasteiger partial charge is 0.265 e. The Hall–Kier alpha value is -2.77. The quantitative estimate of drug-likeness (QED) is 0.722. The van der Waals surface area contributed by atoms with E-state index in [0.29, 0.717) is 27.5 Å². The van der Waals surface area contributed by atoms with Crippen LogP contribution in [0.4, 0.5) is 11.4 Å². The summed E-state index contributed by atoms with van der Waals surface area (Å²) in [5, 5.41) is 4.48. The number of sulfonamides is 1. The maximum atomic E-state index is 12.9. The maximum Gasteiger partial charge on any atom is 0.265 e. The average Bonchev–Trinajstić information content (AvgIpc) is 2.85. The van der Waals surface area contributed by atoms with Crippen molar-refractivity contribution in [1.29, 1.82) is 0 Å². The number of nitrogens with zero attached hydrogens (tertiary/aromatic N) is 1. The van der Waals surface area contributed by atoms with Crippen LogP contribution in [-0.2, 0) is 14.8 Å². The maximum absolute atomic E-state index is 12.9. The van der Waals surface area contributed by atoms with E-state index in [0.717, 1.165) is 9.69 Å². The SMILES string of the molecule is COc1ccc(NC(=O)CN2c3cccc4cccc(c34)S2(=O)=O)cc1Cl.